The number of halogens is 2. The molecule has 0 aliphatic rings. The highest BCUT2D eigenvalue weighted by atomic mass is 19.2. The molecule has 0 bridgehead atoms. The van der Waals surface area contributed by atoms with Gasteiger partial charge in [-0.15, -0.1) is 0 Å². The molecule has 21 heavy (non-hydrogen) atoms. The third kappa shape index (κ3) is 4.02. The number of hydrogen-bond acceptors (Lipinski definition) is 2. The van der Waals surface area contributed by atoms with Crippen LogP contribution in [-0.4, -0.2) is 5.91 Å². The van der Waals surface area contributed by atoms with Crippen LogP contribution in [0.25, 0.3) is 0 Å². The molecule has 0 aromatic heterocycles. The second kappa shape index (κ2) is 6.35. The summed E-state index contributed by atoms with van der Waals surface area (Å²) in [4.78, 5) is 10.9. The van der Waals surface area contributed by atoms with E-state index in [-0.39, 0.29) is 11.9 Å². The molecular formula is C16H16F2N2O. The SMILES string of the molecule is CC(=O)Nc1ccc(NC(C)c2ccc(F)c(F)c2)cc1. The summed E-state index contributed by atoms with van der Waals surface area (Å²) in [6, 6.07) is 10.8. The molecule has 2 rings (SSSR count). The number of benzene rings is 2. The summed E-state index contributed by atoms with van der Waals surface area (Å²) in [5.74, 6) is -1.85. The van der Waals surface area contributed by atoms with Crippen LogP contribution in [0, 0.1) is 11.6 Å². The number of hydrogen-bond donors (Lipinski definition) is 2. The molecule has 2 aromatic carbocycles. The van der Waals surface area contributed by atoms with Crippen molar-refractivity contribution in [2.75, 3.05) is 10.6 Å². The first-order valence-corrected chi connectivity index (χ1v) is 6.55. The van der Waals surface area contributed by atoms with Crippen molar-refractivity contribution in [2.24, 2.45) is 0 Å². The first-order chi connectivity index (χ1) is 9.95. The van der Waals surface area contributed by atoms with Crippen LogP contribution in [0.3, 0.4) is 0 Å². The van der Waals surface area contributed by atoms with E-state index in [9.17, 15) is 13.6 Å². The third-order valence-electron chi connectivity index (χ3n) is 3.03. The Morgan fingerprint density at radius 3 is 2.19 bits per heavy atom. The number of anilines is 2. The molecule has 0 radical (unpaired) electrons. The zero-order valence-electron chi connectivity index (χ0n) is 11.8. The summed E-state index contributed by atoms with van der Waals surface area (Å²) < 4.78 is 26.1. The van der Waals surface area contributed by atoms with Crippen molar-refractivity contribution in [3.05, 3.63) is 59.7 Å². The highest BCUT2D eigenvalue weighted by Crippen LogP contribution is 2.22. The van der Waals surface area contributed by atoms with E-state index >= 15 is 0 Å². The Balaban J connectivity index is 2.06. The monoisotopic (exact) mass is 290 g/mol. The first-order valence-electron chi connectivity index (χ1n) is 6.55. The lowest BCUT2D eigenvalue weighted by Crippen LogP contribution is -2.08. The molecule has 3 nitrogen and oxygen atoms in total. The summed E-state index contributed by atoms with van der Waals surface area (Å²) in [5, 5.41) is 5.86. The van der Waals surface area contributed by atoms with Gasteiger partial charge in [-0.2, -0.15) is 0 Å². The van der Waals surface area contributed by atoms with Gasteiger partial charge in [-0.05, 0) is 48.9 Å². The van der Waals surface area contributed by atoms with E-state index < -0.39 is 11.6 Å². The number of nitrogens with one attached hydrogen (secondary N) is 2. The Hall–Kier alpha value is -2.43. The van der Waals surface area contributed by atoms with Crippen LogP contribution >= 0.6 is 0 Å². The fourth-order valence-corrected chi connectivity index (χ4v) is 1.97. The minimum Gasteiger partial charge on any atom is -0.379 e. The van der Waals surface area contributed by atoms with E-state index in [1.807, 2.05) is 19.1 Å². The van der Waals surface area contributed by atoms with Gasteiger partial charge in [0.2, 0.25) is 5.91 Å². The lowest BCUT2D eigenvalue weighted by Gasteiger charge is -2.16. The summed E-state index contributed by atoms with van der Waals surface area (Å²) in [6.07, 6.45) is 0. The van der Waals surface area contributed by atoms with E-state index in [0.717, 1.165) is 11.8 Å². The second-order valence-corrected chi connectivity index (χ2v) is 4.80. The van der Waals surface area contributed by atoms with E-state index in [4.69, 9.17) is 0 Å². The summed E-state index contributed by atoms with van der Waals surface area (Å²) in [6.45, 7) is 3.30. The van der Waals surface area contributed by atoms with Crippen molar-refractivity contribution in [1.29, 1.82) is 0 Å². The smallest absolute Gasteiger partial charge is 0.221 e. The largest absolute Gasteiger partial charge is 0.379 e. The highest BCUT2D eigenvalue weighted by Gasteiger charge is 2.09. The predicted molar refractivity (Wildman–Crippen MR) is 79.1 cm³/mol. The number of rotatable bonds is 4. The number of carbonyl (C=O) groups is 1. The zero-order valence-corrected chi connectivity index (χ0v) is 11.8. The van der Waals surface area contributed by atoms with Gasteiger partial charge in [0.25, 0.3) is 0 Å². The maximum atomic E-state index is 13.2. The van der Waals surface area contributed by atoms with Crippen molar-refractivity contribution in [3.8, 4) is 0 Å². The lowest BCUT2D eigenvalue weighted by atomic mass is 10.1. The Morgan fingerprint density at radius 2 is 1.62 bits per heavy atom. The molecule has 1 atom stereocenters. The molecule has 5 heteroatoms. The Bertz CT molecular complexity index is 641. The predicted octanol–water partition coefficient (Wildman–Crippen LogP) is 4.10. The van der Waals surface area contributed by atoms with Gasteiger partial charge in [-0.3, -0.25) is 4.79 Å². The van der Waals surface area contributed by atoms with Crippen LogP contribution in [-0.2, 0) is 4.79 Å². The van der Waals surface area contributed by atoms with Gasteiger partial charge in [0.1, 0.15) is 0 Å². The third-order valence-corrected chi connectivity index (χ3v) is 3.03. The van der Waals surface area contributed by atoms with Gasteiger partial charge in [-0.1, -0.05) is 6.07 Å². The molecule has 0 saturated heterocycles. The lowest BCUT2D eigenvalue weighted by molar-refractivity contribution is -0.114. The van der Waals surface area contributed by atoms with Crippen molar-refractivity contribution < 1.29 is 13.6 Å². The molecule has 0 saturated carbocycles. The molecule has 1 unspecified atom stereocenters. The summed E-state index contributed by atoms with van der Waals surface area (Å²) in [7, 11) is 0. The Kier molecular flexibility index (Phi) is 4.52. The van der Waals surface area contributed by atoms with Gasteiger partial charge in [0.15, 0.2) is 11.6 Å². The van der Waals surface area contributed by atoms with Crippen LogP contribution in [0.1, 0.15) is 25.5 Å². The molecule has 0 aliphatic carbocycles. The minimum atomic E-state index is -0.859. The van der Waals surface area contributed by atoms with E-state index in [1.54, 1.807) is 18.2 Å². The summed E-state index contributed by atoms with van der Waals surface area (Å²) in [5.41, 5.74) is 2.18. The normalized spacial score (nSPS) is 11.8. The Morgan fingerprint density at radius 1 is 1.00 bits per heavy atom. The molecule has 110 valence electrons. The molecule has 0 heterocycles. The zero-order chi connectivity index (χ0) is 15.4. The maximum absolute atomic E-state index is 13.2. The van der Waals surface area contributed by atoms with Crippen LogP contribution in [0.4, 0.5) is 20.2 Å². The van der Waals surface area contributed by atoms with E-state index in [0.29, 0.717) is 11.3 Å². The molecule has 0 fully saturated rings. The van der Waals surface area contributed by atoms with Gasteiger partial charge >= 0.3 is 0 Å². The molecule has 0 aliphatic heterocycles. The molecule has 2 N–H and O–H groups in total. The van der Waals surface area contributed by atoms with Gasteiger partial charge in [0.05, 0.1) is 0 Å². The van der Waals surface area contributed by atoms with Crippen molar-refractivity contribution in [2.45, 2.75) is 19.9 Å². The van der Waals surface area contributed by atoms with Gasteiger partial charge in [0, 0.05) is 24.3 Å². The average Bonchev–Trinajstić information content (AvgIpc) is 2.43. The van der Waals surface area contributed by atoms with Crippen LogP contribution in [0.5, 0.6) is 0 Å². The minimum absolute atomic E-state index is 0.133. The van der Waals surface area contributed by atoms with Crippen LogP contribution in [0.2, 0.25) is 0 Å². The molecule has 2 aromatic rings. The maximum Gasteiger partial charge on any atom is 0.221 e. The second-order valence-electron chi connectivity index (χ2n) is 4.80. The van der Waals surface area contributed by atoms with E-state index in [2.05, 4.69) is 10.6 Å². The molecular weight excluding hydrogens is 274 g/mol. The summed E-state index contributed by atoms with van der Waals surface area (Å²) >= 11 is 0. The van der Waals surface area contributed by atoms with Crippen molar-refractivity contribution >= 4 is 17.3 Å². The fourth-order valence-electron chi connectivity index (χ4n) is 1.97. The first kappa shape index (κ1) is 15.0. The topological polar surface area (TPSA) is 41.1 Å². The Labute approximate surface area is 122 Å². The van der Waals surface area contributed by atoms with Crippen LogP contribution in [0.15, 0.2) is 42.5 Å². The van der Waals surface area contributed by atoms with Crippen molar-refractivity contribution in [3.63, 3.8) is 0 Å². The number of amides is 1. The number of carbonyl (C=O) groups excluding carboxylic acids is 1. The van der Waals surface area contributed by atoms with Gasteiger partial charge < -0.3 is 10.6 Å². The van der Waals surface area contributed by atoms with Crippen LogP contribution < -0.4 is 10.6 Å². The van der Waals surface area contributed by atoms with E-state index in [1.165, 1.54) is 13.0 Å². The standard InChI is InChI=1S/C16H16F2N2O/c1-10(12-3-8-15(17)16(18)9-12)19-13-4-6-14(7-5-13)20-11(2)21/h3-10,19H,1-2H3,(H,20,21). The highest BCUT2D eigenvalue weighted by molar-refractivity contribution is 5.88. The molecule has 0 spiro atoms. The fraction of sp³-hybridized carbons (Fsp3) is 0.188. The average molecular weight is 290 g/mol. The van der Waals surface area contributed by atoms with Crippen molar-refractivity contribution in [1.82, 2.24) is 0 Å². The quantitative estimate of drug-likeness (QED) is 0.890. The van der Waals surface area contributed by atoms with Gasteiger partial charge in [-0.25, -0.2) is 8.78 Å². The molecule has 1 amide bonds.